The Morgan fingerprint density at radius 3 is 2.52 bits per heavy atom. The van der Waals surface area contributed by atoms with Gasteiger partial charge in [-0.3, -0.25) is 0 Å². The minimum atomic E-state index is 0.763. The van der Waals surface area contributed by atoms with E-state index in [1.54, 1.807) is 0 Å². The molecular formula is C23H27NO. The molecule has 25 heavy (non-hydrogen) atoms. The maximum atomic E-state index is 6.02. The Bertz CT molecular complexity index is 791. The summed E-state index contributed by atoms with van der Waals surface area (Å²) in [6.45, 7) is 3.79. The van der Waals surface area contributed by atoms with Crippen molar-refractivity contribution in [3.05, 3.63) is 72.3 Å². The molecule has 130 valence electrons. The maximum Gasteiger partial charge on any atom is 0.124 e. The van der Waals surface area contributed by atoms with E-state index in [1.165, 1.54) is 35.6 Å². The predicted octanol–water partition coefficient (Wildman–Crippen LogP) is 6.41. The summed E-state index contributed by atoms with van der Waals surface area (Å²) in [5.74, 6) is 0.992. The highest BCUT2D eigenvalue weighted by molar-refractivity contribution is 5.93. The van der Waals surface area contributed by atoms with Crippen LogP contribution < -0.4 is 10.1 Å². The molecule has 0 spiro atoms. The highest BCUT2D eigenvalue weighted by atomic mass is 16.5. The number of anilines is 1. The number of rotatable bonds is 9. The molecule has 0 heterocycles. The van der Waals surface area contributed by atoms with E-state index in [4.69, 9.17) is 4.74 Å². The first-order valence-electron chi connectivity index (χ1n) is 9.31. The number of hydrogen-bond acceptors (Lipinski definition) is 2. The highest BCUT2D eigenvalue weighted by Gasteiger charge is 2.05. The summed E-state index contributed by atoms with van der Waals surface area (Å²) in [7, 11) is 0. The second-order valence-corrected chi connectivity index (χ2v) is 6.40. The number of ether oxygens (including phenoxy) is 1. The van der Waals surface area contributed by atoms with Crippen LogP contribution in [0.4, 0.5) is 5.69 Å². The molecule has 0 unspecified atom stereocenters. The van der Waals surface area contributed by atoms with Crippen LogP contribution in [0.25, 0.3) is 10.8 Å². The molecule has 3 rings (SSSR count). The molecule has 0 saturated heterocycles. The van der Waals surface area contributed by atoms with Crippen LogP contribution in [0.5, 0.6) is 5.75 Å². The predicted molar refractivity (Wildman–Crippen MR) is 107 cm³/mol. The summed E-state index contributed by atoms with van der Waals surface area (Å²) in [4.78, 5) is 0. The van der Waals surface area contributed by atoms with Gasteiger partial charge >= 0.3 is 0 Å². The fraction of sp³-hybridized carbons (Fsp3) is 0.304. The van der Waals surface area contributed by atoms with Gasteiger partial charge < -0.3 is 10.1 Å². The van der Waals surface area contributed by atoms with Crippen molar-refractivity contribution in [3.8, 4) is 5.75 Å². The molecule has 0 aliphatic carbocycles. The van der Waals surface area contributed by atoms with Crippen LogP contribution >= 0.6 is 0 Å². The zero-order valence-corrected chi connectivity index (χ0v) is 15.0. The lowest BCUT2D eigenvalue weighted by atomic mass is 10.1. The zero-order chi connectivity index (χ0) is 17.3. The second kappa shape index (κ2) is 9.12. The van der Waals surface area contributed by atoms with Crippen molar-refractivity contribution in [1.82, 2.24) is 0 Å². The van der Waals surface area contributed by atoms with Gasteiger partial charge in [0.1, 0.15) is 5.75 Å². The van der Waals surface area contributed by atoms with Gasteiger partial charge in [0.2, 0.25) is 0 Å². The van der Waals surface area contributed by atoms with Gasteiger partial charge in [0.15, 0.2) is 0 Å². The molecule has 2 nitrogen and oxygen atoms in total. The zero-order valence-electron chi connectivity index (χ0n) is 15.0. The van der Waals surface area contributed by atoms with E-state index in [1.807, 2.05) is 6.07 Å². The Balaban J connectivity index is 1.64. The third-order valence-electron chi connectivity index (χ3n) is 4.49. The lowest BCUT2D eigenvalue weighted by Gasteiger charge is -2.14. The summed E-state index contributed by atoms with van der Waals surface area (Å²) in [6.07, 6.45) is 4.91. The van der Waals surface area contributed by atoms with Crippen LogP contribution in [0.1, 0.15) is 38.2 Å². The summed E-state index contributed by atoms with van der Waals surface area (Å²) < 4.78 is 6.02. The lowest BCUT2D eigenvalue weighted by molar-refractivity contribution is 0.302. The molecule has 3 aromatic carbocycles. The highest BCUT2D eigenvalue weighted by Crippen LogP contribution is 2.25. The third-order valence-corrected chi connectivity index (χ3v) is 4.49. The Hall–Kier alpha value is -2.48. The molecule has 0 aliphatic rings. The van der Waals surface area contributed by atoms with Crippen molar-refractivity contribution < 1.29 is 4.74 Å². The van der Waals surface area contributed by atoms with Crippen LogP contribution in [0, 0.1) is 0 Å². The van der Waals surface area contributed by atoms with Gasteiger partial charge in [0.05, 0.1) is 6.61 Å². The van der Waals surface area contributed by atoms with Gasteiger partial charge in [-0.05, 0) is 23.9 Å². The first kappa shape index (κ1) is 17.3. The average Bonchev–Trinajstić information content (AvgIpc) is 2.67. The van der Waals surface area contributed by atoms with E-state index in [9.17, 15) is 0 Å². The molecule has 0 aromatic heterocycles. The third kappa shape index (κ3) is 4.76. The van der Waals surface area contributed by atoms with E-state index >= 15 is 0 Å². The quantitative estimate of drug-likeness (QED) is 0.457. The van der Waals surface area contributed by atoms with Crippen molar-refractivity contribution in [3.63, 3.8) is 0 Å². The second-order valence-electron chi connectivity index (χ2n) is 6.40. The van der Waals surface area contributed by atoms with Crippen molar-refractivity contribution in [1.29, 1.82) is 0 Å². The van der Waals surface area contributed by atoms with Crippen LogP contribution in [-0.2, 0) is 6.54 Å². The van der Waals surface area contributed by atoms with Crippen LogP contribution in [0.15, 0.2) is 66.7 Å². The minimum absolute atomic E-state index is 0.763. The molecule has 2 heteroatoms. The smallest absolute Gasteiger partial charge is 0.124 e. The molecule has 1 N–H and O–H groups in total. The largest absolute Gasteiger partial charge is 0.493 e. The topological polar surface area (TPSA) is 21.3 Å². The Morgan fingerprint density at radius 1 is 0.800 bits per heavy atom. The number of fused-ring (bicyclic) bond motifs is 1. The average molecular weight is 333 g/mol. The van der Waals surface area contributed by atoms with E-state index in [0.717, 1.165) is 31.0 Å². The van der Waals surface area contributed by atoms with E-state index in [-0.39, 0.29) is 0 Å². The van der Waals surface area contributed by atoms with Gasteiger partial charge in [0.25, 0.3) is 0 Å². The summed E-state index contributed by atoms with van der Waals surface area (Å²) >= 11 is 0. The maximum absolute atomic E-state index is 6.02. The van der Waals surface area contributed by atoms with Gasteiger partial charge in [-0.1, -0.05) is 80.8 Å². The molecule has 0 radical (unpaired) electrons. The van der Waals surface area contributed by atoms with Crippen LogP contribution in [0.2, 0.25) is 0 Å². The van der Waals surface area contributed by atoms with Gasteiger partial charge in [-0.25, -0.2) is 0 Å². The molecule has 0 bridgehead atoms. The first-order valence-corrected chi connectivity index (χ1v) is 9.31. The van der Waals surface area contributed by atoms with Crippen molar-refractivity contribution in [2.24, 2.45) is 0 Å². The van der Waals surface area contributed by atoms with Crippen molar-refractivity contribution >= 4 is 16.5 Å². The van der Waals surface area contributed by atoms with Gasteiger partial charge in [-0.15, -0.1) is 0 Å². The number of hydrogen-bond donors (Lipinski definition) is 1. The van der Waals surface area contributed by atoms with Crippen molar-refractivity contribution in [2.75, 3.05) is 11.9 Å². The van der Waals surface area contributed by atoms with E-state index in [0.29, 0.717) is 0 Å². The number of benzene rings is 3. The number of nitrogens with one attached hydrogen (secondary N) is 1. The summed E-state index contributed by atoms with van der Waals surface area (Å²) in [6, 6.07) is 23.2. The van der Waals surface area contributed by atoms with Crippen molar-refractivity contribution in [2.45, 2.75) is 39.2 Å². The summed E-state index contributed by atoms with van der Waals surface area (Å²) in [5, 5.41) is 6.09. The number of para-hydroxylation sites is 1. The molecule has 3 aromatic rings. The lowest BCUT2D eigenvalue weighted by Crippen LogP contribution is -2.04. The van der Waals surface area contributed by atoms with Crippen LogP contribution in [-0.4, -0.2) is 6.61 Å². The first-order chi connectivity index (χ1) is 12.4. The minimum Gasteiger partial charge on any atom is -0.493 e. The summed E-state index contributed by atoms with van der Waals surface area (Å²) in [5.41, 5.74) is 2.36. The van der Waals surface area contributed by atoms with E-state index < -0.39 is 0 Å². The standard InChI is InChI=1S/C23H27NO/c1-2-3-4-9-17-25-23-16-8-6-12-20(23)18-24-22-15-10-13-19-11-5-7-14-21(19)22/h5-8,10-16,24H,2-4,9,17-18H2,1H3. The Morgan fingerprint density at radius 2 is 1.60 bits per heavy atom. The molecule has 0 aliphatic heterocycles. The normalized spacial score (nSPS) is 10.8. The molecular weight excluding hydrogens is 306 g/mol. The van der Waals surface area contributed by atoms with Gasteiger partial charge in [0, 0.05) is 23.2 Å². The molecule has 0 fully saturated rings. The Labute approximate surface area is 150 Å². The molecule has 0 saturated carbocycles. The monoisotopic (exact) mass is 333 g/mol. The van der Waals surface area contributed by atoms with E-state index in [2.05, 4.69) is 72.9 Å². The van der Waals surface area contributed by atoms with Gasteiger partial charge in [-0.2, -0.15) is 0 Å². The molecule has 0 amide bonds. The fourth-order valence-electron chi connectivity index (χ4n) is 3.07. The Kier molecular flexibility index (Phi) is 6.33. The fourth-order valence-corrected chi connectivity index (χ4v) is 3.07. The molecule has 0 atom stereocenters. The number of unbranched alkanes of at least 4 members (excludes halogenated alkanes) is 3. The SMILES string of the molecule is CCCCCCOc1ccccc1CNc1cccc2ccccc12. The van der Waals surface area contributed by atoms with Crippen LogP contribution in [0.3, 0.4) is 0 Å².